The smallest absolute Gasteiger partial charge is 0.138 e. The van der Waals surface area contributed by atoms with E-state index in [1.807, 2.05) is 37.3 Å². The second kappa shape index (κ2) is 5.03. The maximum Gasteiger partial charge on any atom is 0.138 e. The molecule has 0 amide bonds. The highest BCUT2D eigenvalue weighted by molar-refractivity contribution is 5.56. The summed E-state index contributed by atoms with van der Waals surface area (Å²) in [5.41, 5.74) is 2.81. The van der Waals surface area contributed by atoms with E-state index < -0.39 is 0 Å². The van der Waals surface area contributed by atoms with Crippen LogP contribution in [-0.2, 0) is 6.54 Å². The maximum atomic E-state index is 9.04. The maximum absolute atomic E-state index is 9.04. The Morgan fingerprint density at radius 1 is 1.41 bits per heavy atom. The van der Waals surface area contributed by atoms with Gasteiger partial charge in [-0.25, -0.2) is 4.68 Å². The first-order valence-electron chi connectivity index (χ1n) is 5.16. The van der Waals surface area contributed by atoms with Crippen LogP contribution in [0.1, 0.15) is 11.1 Å². The third-order valence-corrected chi connectivity index (χ3v) is 2.29. The number of allylic oxidation sites excluding steroid dienone is 1. The largest absolute Gasteiger partial charge is 0.227 e. The Bertz CT molecular complexity index is 546. The van der Waals surface area contributed by atoms with Crippen molar-refractivity contribution in [2.24, 2.45) is 0 Å². The molecule has 5 heteroatoms. The van der Waals surface area contributed by atoms with Crippen LogP contribution >= 0.6 is 0 Å². The first-order valence-corrected chi connectivity index (χ1v) is 5.16. The molecule has 0 N–H and O–H groups in total. The predicted molar refractivity (Wildman–Crippen MR) is 62.6 cm³/mol. The minimum absolute atomic E-state index is 0.386. The SMILES string of the molecule is Cc1ccc(/C=C(\C#N)Cn2cnnn2)cc1. The number of nitrogens with zero attached hydrogens (tertiary/aromatic N) is 5. The molecular formula is C12H11N5. The summed E-state index contributed by atoms with van der Waals surface area (Å²) in [5, 5.41) is 19.8. The van der Waals surface area contributed by atoms with E-state index in [0.717, 1.165) is 5.56 Å². The van der Waals surface area contributed by atoms with Gasteiger partial charge in [0.05, 0.1) is 18.2 Å². The molecule has 17 heavy (non-hydrogen) atoms. The van der Waals surface area contributed by atoms with Crippen molar-refractivity contribution >= 4 is 6.08 Å². The van der Waals surface area contributed by atoms with E-state index in [9.17, 15) is 0 Å². The monoisotopic (exact) mass is 225 g/mol. The summed E-state index contributed by atoms with van der Waals surface area (Å²) in [6.45, 7) is 2.41. The third-order valence-electron chi connectivity index (χ3n) is 2.29. The van der Waals surface area contributed by atoms with Gasteiger partial charge in [-0.05, 0) is 29.0 Å². The number of benzene rings is 1. The number of nitriles is 1. The zero-order valence-corrected chi connectivity index (χ0v) is 9.41. The van der Waals surface area contributed by atoms with Crippen LogP contribution in [0, 0.1) is 18.3 Å². The van der Waals surface area contributed by atoms with Crippen molar-refractivity contribution < 1.29 is 0 Å². The minimum Gasteiger partial charge on any atom is -0.227 e. The number of aryl methyl sites for hydroxylation is 1. The molecule has 1 aromatic carbocycles. The number of tetrazole rings is 1. The van der Waals surface area contributed by atoms with Gasteiger partial charge in [-0.3, -0.25) is 0 Å². The first kappa shape index (κ1) is 11.0. The molecule has 2 rings (SSSR count). The Morgan fingerprint density at radius 3 is 2.76 bits per heavy atom. The Labute approximate surface area is 99.0 Å². The van der Waals surface area contributed by atoms with E-state index in [-0.39, 0.29) is 0 Å². The highest BCUT2D eigenvalue weighted by Gasteiger charge is 1.99. The van der Waals surface area contributed by atoms with Crippen molar-refractivity contribution in [2.75, 3.05) is 0 Å². The Hall–Kier alpha value is -2.48. The lowest BCUT2D eigenvalue weighted by Gasteiger charge is -1.99. The van der Waals surface area contributed by atoms with Crippen molar-refractivity contribution in [3.8, 4) is 6.07 Å². The molecule has 2 aromatic rings. The van der Waals surface area contributed by atoms with Crippen molar-refractivity contribution in [3.63, 3.8) is 0 Å². The molecule has 0 spiro atoms. The highest BCUT2D eigenvalue weighted by Crippen LogP contribution is 2.09. The van der Waals surface area contributed by atoms with Crippen LogP contribution in [0.2, 0.25) is 0 Å². The summed E-state index contributed by atoms with van der Waals surface area (Å²) < 4.78 is 1.52. The summed E-state index contributed by atoms with van der Waals surface area (Å²) in [7, 11) is 0. The van der Waals surface area contributed by atoms with Crippen molar-refractivity contribution in [2.45, 2.75) is 13.5 Å². The third kappa shape index (κ3) is 2.98. The summed E-state index contributed by atoms with van der Waals surface area (Å²) in [6, 6.07) is 10.1. The number of hydrogen-bond donors (Lipinski definition) is 0. The summed E-state index contributed by atoms with van der Waals surface area (Å²) >= 11 is 0. The molecule has 0 aliphatic carbocycles. The number of rotatable bonds is 3. The van der Waals surface area contributed by atoms with Crippen LogP contribution in [0.25, 0.3) is 6.08 Å². The van der Waals surface area contributed by atoms with Crippen LogP contribution in [0.5, 0.6) is 0 Å². The molecular weight excluding hydrogens is 214 g/mol. The lowest BCUT2D eigenvalue weighted by molar-refractivity contribution is 0.650. The van der Waals surface area contributed by atoms with Crippen molar-refractivity contribution in [1.82, 2.24) is 20.2 Å². The van der Waals surface area contributed by atoms with Crippen LogP contribution in [0.15, 0.2) is 36.2 Å². The molecule has 0 aliphatic heterocycles. The molecule has 0 saturated carbocycles. The second-order valence-electron chi connectivity index (χ2n) is 3.70. The number of hydrogen-bond acceptors (Lipinski definition) is 4. The van der Waals surface area contributed by atoms with Gasteiger partial charge in [-0.15, -0.1) is 5.10 Å². The standard InChI is InChI=1S/C12H11N5/c1-10-2-4-11(5-3-10)6-12(7-13)8-17-9-14-15-16-17/h2-6,9H,8H2,1H3/b12-6+. The fourth-order valence-electron chi connectivity index (χ4n) is 1.40. The fraction of sp³-hybridized carbons (Fsp3) is 0.167. The van der Waals surface area contributed by atoms with Crippen LogP contribution in [0.4, 0.5) is 0 Å². The number of aromatic nitrogens is 4. The van der Waals surface area contributed by atoms with Crippen molar-refractivity contribution in [3.05, 3.63) is 47.3 Å². The zero-order valence-electron chi connectivity index (χ0n) is 9.41. The lowest BCUT2D eigenvalue weighted by atomic mass is 10.1. The zero-order chi connectivity index (χ0) is 12.1. The topological polar surface area (TPSA) is 67.4 Å². The first-order chi connectivity index (χ1) is 8.28. The van der Waals surface area contributed by atoms with Gasteiger partial charge in [0.25, 0.3) is 0 Å². The average molecular weight is 225 g/mol. The Morgan fingerprint density at radius 2 is 2.18 bits per heavy atom. The molecule has 0 aliphatic rings. The van der Waals surface area contributed by atoms with E-state index >= 15 is 0 Å². The highest BCUT2D eigenvalue weighted by atomic mass is 15.5. The molecule has 0 radical (unpaired) electrons. The summed E-state index contributed by atoms with van der Waals surface area (Å²) in [6.07, 6.45) is 3.32. The molecule has 0 fully saturated rings. The molecule has 1 heterocycles. The molecule has 84 valence electrons. The van der Waals surface area contributed by atoms with Gasteiger partial charge in [-0.1, -0.05) is 29.8 Å². The van der Waals surface area contributed by atoms with E-state index in [2.05, 4.69) is 21.6 Å². The fourth-order valence-corrected chi connectivity index (χ4v) is 1.40. The van der Waals surface area contributed by atoms with Gasteiger partial charge >= 0.3 is 0 Å². The summed E-state index contributed by atoms with van der Waals surface area (Å²) in [5.74, 6) is 0. The molecule has 5 nitrogen and oxygen atoms in total. The van der Waals surface area contributed by atoms with E-state index in [1.54, 1.807) is 0 Å². The second-order valence-corrected chi connectivity index (χ2v) is 3.70. The van der Waals surface area contributed by atoms with E-state index in [4.69, 9.17) is 5.26 Å². The Kier molecular flexibility index (Phi) is 3.26. The van der Waals surface area contributed by atoms with Gasteiger partial charge in [0.1, 0.15) is 6.33 Å². The van der Waals surface area contributed by atoms with Crippen LogP contribution < -0.4 is 0 Å². The van der Waals surface area contributed by atoms with Gasteiger partial charge in [-0.2, -0.15) is 5.26 Å². The molecule has 0 bridgehead atoms. The van der Waals surface area contributed by atoms with Crippen LogP contribution in [-0.4, -0.2) is 20.2 Å². The minimum atomic E-state index is 0.386. The predicted octanol–water partition coefficient (Wildman–Crippen LogP) is 1.59. The average Bonchev–Trinajstić information content (AvgIpc) is 2.84. The quantitative estimate of drug-likeness (QED) is 0.744. The van der Waals surface area contributed by atoms with E-state index in [0.29, 0.717) is 12.1 Å². The Balaban J connectivity index is 2.18. The molecule has 0 saturated heterocycles. The van der Waals surface area contributed by atoms with E-state index in [1.165, 1.54) is 16.6 Å². The van der Waals surface area contributed by atoms with Crippen molar-refractivity contribution in [1.29, 1.82) is 5.26 Å². The normalized spacial score (nSPS) is 11.2. The van der Waals surface area contributed by atoms with Gasteiger partial charge < -0.3 is 0 Å². The lowest BCUT2D eigenvalue weighted by Crippen LogP contribution is -2.00. The molecule has 0 unspecified atom stereocenters. The van der Waals surface area contributed by atoms with Gasteiger partial charge in [0.2, 0.25) is 0 Å². The molecule has 1 aromatic heterocycles. The van der Waals surface area contributed by atoms with Gasteiger partial charge in [0.15, 0.2) is 0 Å². The van der Waals surface area contributed by atoms with Crippen LogP contribution in [0.3, 0.4) is 0 Å². The molecule has 0 atom stereocenters. The van der Waals surface area contributed by atoms with Gasteiger partial charge in [0, 0.05) is 0 Å². The summed E-state index contributed by atoms with van der Waals surface area (Å²) in [4.78, 5) is 0.